The van der Waals surface area contributed by atoms with Crippen LogP contribution in [0.4, 0.5) is 0 Å². The Kier molecular flexibility index (Phi) is 7.06. The highest BCUT2D eigenvalue weighted by molar-refractivity contribution is 7.99. The number of aryl methyl sites for hydroxylation is 1. The fourth-order valence-corrected chi connectivity index (χ4v) is 4.79. The lowest BCUT2D eigenvalue weighted by Crippen LogP contribution is -2.26. The van der Waals surface area contributed by atoms with Crippen LogP contribution in [0, 0.1) is 0 Å². The highest BCUT2D eigenvalue weighted by Gasteiger charge is 2.17. The molecule has 8 heteroatoms. The van der Waals surface area contributed by atoms with Crippen LogP contribution in [-0.4, -0.2) is 37.4 Å². The second-order valence-corrected chi connectivity index (χ2v) is 8.88. The molecule has 0 bridgehead atoms. The number of nitrogens with zero attached hydrogens (tertiary/aromatic N) is 4. The number of nitrogens with one attached hydrogen (secondary N) is 1. The van der Waals surface area contributed by atoms with E-state index in [-0.39, 0.29) is 17.2 Å². The molecule has 164 valence electrons. The van der Waals surface area contributed by atoms with Crippen molar-refractivity contribution < 1.29 is 4.79 Å². The molecule has 0 atom stereocenters. The SMILES string of the molecule is CCCCn1c(=O)c2ccccc2n2c(SCC(=O)NCCC3=CCCCC3)nnc12. The van der Waals surface area contributed by atoms with Crippen LogP contribution in [0.25, 0.3) is 16.7 Å². The van der Waals surface area contributed by atoms with Crippen molar-refractivity contribution in [2.24, 2.45) is 0 Å². The average molecular weight is 440 g/mol. The number of para-hydroxylation sites is 1. The third-order valence-electron chi connectivity index (χ3n) is 5.70. The summed E-state index contributed by atoms with van der Waals surface area (Å²) in [4.78, 5) is 25.4. The third kappa shape index (κ3) is 4.84. The molecule has 1 N–H and O–H groups in total. The van der Waals surface area contributed by atoms with E-state index in [1.807, 2.05) is 28.7 Å². The second-order valence-electron chi connectivity index (χ2n) is 7.94. The van der Waals surface area contributed by atoms with Gasteiger partial charge in [0.25, 0.3) is 5.56 Å². The first-order valence-corrected chi connectivity index (χ1v) is 12.1. The minimum absolute atomic E-state index is 0.0123. The Balaban J connectivity index is 1.50. The molecule has 2 aromatic heterocycles. The van der Waals surface area contributed by atoms with Gasteiger partial charge in [0.05, 0.1) is 16.7 Å². The molecule has 0 spiro atoms. The van der Waals surface area contributed by atoms with Crippen molar-refractivity contribution in [3.63, 3.8) is 0 Å². The van der Waals surface area contributed by atoms with Crippen LogP contribution in [0.3, 0.4) is 0 Å². The lowest BCUT2D eigenvalue weighted by molar-refractivity contribution is -0.118. The standard InChI is InChI=1S/C23H29N5O2S/c1-2-3-15-27-21(30)18-11-7-8-12-19(18)28-22(27)25-26-23(28)31-16-20(29)24-14-13-17-9-5-4-6-10-17/h7-9,11-12H,2-6,10,13-16H2,1H3,(H,24,29). The van der Waals surface area contributed by atoms with E-state index in [0.717, 1.165) is 37.6 Å². The smallest absolute Gasteiger partial charge is 0.262 e. The van der Waals surface area contributed by atoms with Gasteiger partial charge < -0.3 is 5.32 Å². The Morgan fingerprint density at radius 1 is 1.23 bits per heavy atom. The number of allylic oxidation sites excluding steroid dienone is 1. The summed E-state index contributed by atoms with van der Waals surface area (Å²) in [5, 5.41) is 12.9. The maximum Gasteiger partial charge on any atom is 0.262 e. The summed E-state index contributed by atoms with van der Waals surface area (Å²) in [5.74, 6) is 0.786. The van der Waals surface area contributed by atoms with E-state index < -0.39 is 0 Å². The van der Waals surface area contributed by atoms with Crippen LogP contribution < -0.4 is 10.9 Å². The van der Waals surface area contributed by atoms with Gasteiger partial charge in [-0.25, -0.2) is 0 Å². The molecule has 1 aliphatic carbocycles. The Morgan fingerprint density at radius 3 is 2.90 bits per heavy atom. The van der Waals surface area contributed by atoms with Gasteiger partial charge in [-0.2, -0.15) is 0 Å². The predicted octanol–water partition coefficient (Wildman–Crippen LogP) is 3.94. The summed E-state index contributed by atoms with van der Waals surface area (Å²) in [5.41, 5.74) is 2.18. The number of unbranched alkanes of at least 4 members (excludes halogenated alkanes) is 1. The Morgan fingerprint density at radius 2 is 2.10 bits per heavy atom. The van der Waals surface area contributed by atoms with Crippen LogP contribution in [-0.2, 0) is 11.3 Å². The number of aromatic nitrogens is 4. The maximum atomic E-state index is 13.0. The molecule has 0 radical (unpaired) electrons. The molecule has 0 unspecified atom stereocenters. The minimum atomic E-state index is -0.0461. The fourth-order valence-electron chi connectivity index (χ4n) is 4.02. The first-order chi connectivity index (χ1) is 15.2. The Hall–Kier alpha value is -2.61. The molecule has 1 aliphatic rings. The fraction of sp³-hybridized carbons (Fsp3) is 0.478. The van der Waals surface area contributed by atoms with E-state index in [4.69, 9.17) is 0 Å². The van der Waals surface area contributed by atoms with Crippen molar-refractivity contribution in [1.29, 1.82) is 0 Å². The molecule has 3 aromatic rings. The average Bonchev–Trinajstić information content (AvgIpc) is 3.22. The number of carbonyl (C=O) groups is 1. The van der Waals surface area contributed by atoms with Gasteiger partial charge in [0.15, 0.2) is 5.16 Å². The zero-order chi connectivity index (χ0) is 21.6. The summed E-state index contributed by atoms with van der Waals surface area (Å²) >= 11 is 1.35. The van der Waals surface area contributed by atoms with Gasteiger partial charge in [-0.15, -0.1) is 10.2 Å². The molecule has 0 fully saturated rings. The molecule has 1 aromatic carbocycles. The largest absolute Gasteiger partial charge is 0.355 e. The summed E-state index contributed by atoms with van der Waals surface area (Å²) in [6, 6.07) is 7.50. The van der Waals surface area contributed by atoms with Crippen molar-refractivity contribution in [2.75, 3.05) is 12.3 Å². The van der Waals surface area contributed by atoms with E-state index >= 15 is 0 Å². The van der Waals surface area contributed by atoms with Crippen LogP contribution in [0.15, 0.2) is 45.9 Å². The van der Waals surface area contributed by atoms with E-state index in [9.17, 15) is 9.59 Å². The quantitative estimate of drug-likeness (QED) is 0.403. The molecule has 2 heterocycles. The molecule has 7 nitrogen and oxygen atoms in total. The molecule has 31 heavy (non-hydrogen) atoms. The van der Waals surface area contributed by atoms with Crippen LogP contribution >= 0.6 is 11.8 Å². The lowest BCUT2D eigenvalue weighted by Gasteiger charge is -2.13. The number of carbonyl (C=O) groups excluding carboxylic acids is 1. The zero-order valence-corrected chi connectivity index (χ0v) is 18.8. The second kappa shape index (κ2) is 10.1. The van der Waals surface area contributed by atoms with Gasteiger partial charge >= 0.3 is 0 Å². The van der Waals surface area contributed by atoms with Gasteiger partial charge in [0.1, 0.15) is 0 Å². The topological polar surface area (TPSA) is 81.3 Å². The monoisotopic (exact) mass is 439 g/mol. The Labute approximate surface area is 185 Å². The van der Waals surface area contributed by atoms with Crippen molar-refractivity contribution >= 4 is 34.3 Å². The van der Waals surface area contributed by atoms with E-state index in [1.54, 1.807) is 4.57 Å². The molecule has 1 amide bonds. The first-order valence-electron chi connectivity index (χ1n) is 11.1. The summed E-state index contributed by atoms with van der Waals surface area (Å²) in [6.07, 6.45) is 9.97. The number of benzene rings is 1. The normalized spacial score (nSPS) is 14.2. The van der Waals surface area contributed by atoms with Gasteiger partial charge in [-0.1, -0.05) is 48.9 Å². The molecule has 0 saturated heterocycles. The zero-order valence-electron chi connectivity index (χ0n) is 18.0. The number of thioether (sulfide) groups is 1. The van der Waals surface area contributed by atoms with Gasteiger partial charge in [-0.3, -0.25) is 18.6 Å². The lowest BCUT2D eigenvalue weighted by atomic mass is 9.97. The first kappa shape index (κ1) is 21.6. The van der Waals surface area contributed by atoms with Crippen molar-refractivity contribution in [3.05, 3.63) is 46.3 Å². The van der Waals surface area contributed by atoms with E-state index in [2.05, 4.69) is 28.5 Å². The number of amides is 1. The number of rotatable bonds is 9. The molecule has 0 aliphatic heterocycles. The highest BCUT2D eigenvalue weighted by Crippen LogP contribution is 2.22. The van der Waals surface area contributed by atoms with Crippen molar-refractivity contribution in [2.45, 2.75) is 63.6 Å². The van der Waals surface area contributed by atoms with Crippen molar-refractivity contribution in [1.82, 2.24) is 24.5 Å². The molecule has 4 rings (SSSR count). The van der Waals surface area contributed by atoms with E-state index in [0.29, 0.717) is 29.4 Å². The number of hydrogen-bond donors (Lipinski definition) is 1. The number of hydrogen-bond acceptors (Lipinski definition) is 5. The van der Waals surface area contributed by atoms with Gasteiger partial charge in [-0.05, 0) is 50.7 Å². The van der Waals surface area contributed by atoms with Crippen LogP contribution in [0.1, 0.15) is 51.9 Å². The third-order valence-corrected chi connectivity index (χ3v) is 6.63. The maximum absolute atomic E-state index is 13.0. The van der Waals surface area contributed by atoms with Crippen LogP contribution in [0.5, 0.6) is 0 Å². The minimum Gasteiger partial charge on any atom is -0.355 e. The van der Waals surface area contributed by atoms with Crippen molar-refractivity contribution in [3.8, 4) is 0 Å². The molecule has 0 saturated carbocycles. The highest BCUT2D eigenvalue weighted by atomic mass is 32.2. The van der Waals surface area contributed by atoms with E-state index in [1.165, 1.54) is 30.2 Å². The number of fused-ring (bicyclic) bond motifs is 3. The summed E-state index contributed by atoms with van der Waals surface area (Å²) < 4.78 is 3.60. The summed E-state index contributed by atoms with van der Waals surface area (Å²) in [7, 11) is 0. The van der Waals surface area contributed by atoms with Gasteiger partial charge in [0.2, 0.25) is 11.7 Å². The summed E-state index contributed by atoms with van der Waals surface area (Å²) in [6.45, 7) is 3.37. The van der Waals surface area contributed by atoms with Gasteiger partial charge in [0, 0.05) is 13.1 Å². The predicted molar refractivity (Wildman–Crippen MR) is 125 cm³/mol. The van der Waals surface area contributed by atoms with Crippen LogP contribution in [0.2, 0.25) is 0 Å². The molecular formula is C23H29N5O2S. The molecular weight excluding hydrogens is 410 g/mol. The Bertz CT molecular complexity index is 1160.